The van der Waals surface area contributed by atoms with Crippen molar-refractivity contribution in [2.24, 2.45) is 0 Å². The molecule has 0 spiro atoms. The van der Waals surface area contributed by atoms with Crippen LogP contribution in [0.15, 0.2) is 35.9 Å². The zero-order valence-corrected chi connectivity index (χ0v) is 17.9. The Morgan fingerprint density at radius 2 is 2.00 bits per heavy atom. The molecule has 0 bridgehead atoms. The zero-order valence-electron chi connectivity index (χ0n) is 17.9. The maximum Gasteiger partial charge on any atom is 0.422 e. The van der Waals surface area contributed by atoms with Gasteiger partial charge in [0.1, 0.15) is 5.82 Å². The smallest absolute Gasteiger partial charge is 0.422 e. The first-order chi connectivity index (χ1) is 15.1. The minimum atomic E-state index is -4.49. The molecule has 1 radical (unpaired) electrons. The molecule has 2 heterocycles. The third-order valence-corrected chi connectivity index (χ3v) is 4.75. The number of pyridine rings is 2. The first kappa shape index (κ1) is 23.5. The van der Waals surface area contributed by atoms with E-state index in [-0.39, 0.29) is 23.2 Å². The molecule has 32 heavy (non-hydrogen) atoms. The highest BCUT2D eigenvalue weighted by Gasteiger charge is 2.34. The number of nitrogens with one attached hydrogen (secondary N) is 1. The molecule has 1 aliphatic rings. The summed E-state index contributed by atoms with van der Waals surface area (Å²) in [7, 11) is 1.57. The Morgan fingerprint density at radius 1 is 1.25 bits per heavy atom. The molecule has 7 nitrogen and oxygen atoms in total. The fourth-order valence-electron chi connectivity index (χ4n) is 3.17. The first-order valence-electron chi connectivity index (χ1n) is 9.90. The number of carbonyl (C=O) groups is 1. The lowest BCUT2D eigenvalue weighted by atomic mass is 10.0. The molecule has 3 N–H and O–H groups in total. The average molecular weight is 449 g/mol. The summed E-state index contributed by atoms with van der Waals surface area (Å²) in [5, 5.41) is 2.88. The monoisotopic (exact) mass is 449 g/mol. The number of allylic oxidation sites excluding steroid dienone is 1. The van der Waals surface area contributed by atoms with Gasteiger partial charge in [-0.1, -0.05) is 11.6 Å². The Hall–Kier alpha value is -3.14. The van der Waals surface area contributed by atoms with Gasteiger partial charge < -0.3 is 20.5 Å². The average Bonchev–Trinajstić information content (AvgIpc) is 3.48. The van der Waals surface area contributed by atoms with E-state index in [4.69, 9.17) is 15.2 Å². The van der Waals surface area contributed by atoms with Crippen LogP contribution in [0.25, 0.3) is 0 Å². The summed E-state index contributed by atoms with van der Waals surface area (Å²) in [4.78, 5) is 21.3. The number of anilines is 1. The summed E-state index contributed by atoms with van der Waals surface area (Å²) in [6.45, 7) is 2.60. The van der Waals surface area contributed by atoms with Crippen molar-refractivity contribution in [1.82, 2.24) is 15.3 Å². The van der Waals surface area contributed by atoms with Crippen molar-refractivity contribution in [1.29, 1.82) is 0 Å². The molecule has 2 aromatic rings. The quantitative estimate of drug-likeness (QED) is 0.606. The minimum Gasteiger partial charge on any atom is -0.468 e. The van der Waals surface area contributed by atoms with E-state index >= 15 is 0 Å². The van der Waals surface area contributed by atoms with Crippen LogP contribution in [0.5, 0.6) is 5.88 Å². The fourth-order valence-corrected chi connectivity index (χ4v) is 3.17. The predicted octanol–water partition coefficient (Wildman–Crippen LogP) is 3.70. The Bertz CT molecular complexity index is 1000. The lowest BCUT2D eigenvalue weighted by molar-refractivity contribution is -0.154. The third kappa shape index (κ3) is 6.19. The first-order valence-corrected chi connectivity index (χ1v) is 9.90. The zero-order chi connectivity index (χ0) is 23.5. The highest BCUT2D eigenvalue weighted by molar-refractivity contribution is 5.97. The van der Waals surface area contributed by atoms with Crippen LogP contribution in [0.2, 0.25) is 0 Å². The van der Waals surface area contributed by atoms with E-state index in [9.17, 15) is 18.0 Å². The van der Waals surface area contributed by atoms with E-state index in [1.807, 2.05) is 12.1 Å². The number of nitrogens with zero attached hydrogens (tertiary/aromatic N) is 2. The van der Waals surface area contributed by atoms with Crippen LogP contribution in [0.4, 0.5) is 19.0 Å². The number of amides is 1. The summed E-state index contributed by atoms with van der Waals surface area (Å²) in [5.41, 5.74) is 8.71. The summed E-state index contributed by atoms with van der Waals surface area (Å²) in [5.74, 6) is 0.407. The number of carbonyl (C=O) groups excluding carboxylic acids is 1. The molecule has 0 saturated carbocycles. The van der Waals surface area contributed by atoms with Gasteiger partial charge in [0.05, 0.1) is 23.2 Å². The van der Waals surface area contributed by atoms with Crippen LogP contribution in [0.3, 0.4) is 0 Å². The molecular weight excluding hydrogens is 425 g/mol. The summed E-state index contributed by atoms with van der Waals surface area (Å²) in [6, 6.07) is 5.77. The number of methoxy groups -OCH3 is 1. The third-order valence-electron chi connectivity index (χ3n) is 4.75. The van der Waals surface area contributed by atoms with Crippen LogP contribution in [0, 0.1) is 12.8 Å². The molecule has 3 rings (SSSR count). The fraction of sp³-hybridized carbons (Fsp3) is 0.364. The maximum atomic E-state index is 13.0. The van der Waals surface area contributed by atoms with Crippen molar-refractivity contribution in [3.05, 3.63) is 64.3 Å². The molecule has 171 valence electrons. The second-order valence-electron chi connectivity index (χ2n) is 7.44. The number of nitrogens with two attached hydrogens (primary N) is 1. The number of alkyl halides is 3. The van der Waals surface area contributed by atoms with Crippen LogP contribution in [-0.2, 0) is 4.74 Å². The number of nitrogen functional groups attached to an aromatic ring is 1. The normalized spacial score (nSPS) is 14.6. The minimum absolute atomic E-state index is 0.210. The molecule has 1 amide bonds. The van der Waals surface area contributed by atoms with Gasteiger partial charge >= 0.3 is 6.18 Å². The van der Waals surface area contributed by atoms with Gasteiger partial charge in [-0.3, -0.25) is 4.79 Å². The lowest BCUT2D eigenvalue weighted by Crippen LogP contribution is -2.28. The van der Waals surface area contributed by atoms with Gasteiger partial charge in [0.25, 0.3) is 5.91 Å². The van der Waals surface area contributed by atoms with E-state index in [0.29, 0.717) is 24.8 Å². The number of ether oxygens (including phenoxy) is 2. The van der Waals surface area contributed by atoms with E-state index < -0.39 is 18.7 Å². The van der Waals surface area contributed by atoms with Crippen LogP contribution in [0.1, 0.15) is 46.7 Å². The van der Waals surface area contributed by atoms with Crippen molar-refractivity contribution in [3.8, 4) is 5.88 Å². The van der Waals surface area contributed by atoms with Crippen LogP contribution < -0.4 is 15.8 Å². The molecular formula is C22H24F3N4O3. The van der Waals surface area contributed by atoms with E-state index in [1.165, 1.54) is 12.1 Å². The number of aryl methyl sites for hydroxylation is 1. The van der Waals surface area contributed by atoms with Crippen LogP contribution in [-0.4, -0.2) is 42.4 Å². The van der Waals surface area contributed by atoms with E-state index in [2.05, 4.69) is 15.3 Å². The van der Waals surface area contributed by atoms with Crippen molar-refractivity contribution >= 4 is 11.7 Å². The van der Waals surface area contributed by atoms with Crippen molar-refractivity contribution in [2.75, 3.05) is 26.1 Å². The van der Waals surface area contributed by atoms with E-state index in [1.54, 1.807) is 27.0 Å². The second kappa shape index (κ2) is 9.56. The summed E-state index contributed by atoms with van der Waals surface area (Å²) in [6.07, 6.45) is -2.07. The molecule has 1 atom stereocenters. The molecule has 0 aliphatic heterocycles. The molecule has 1 aliphatic carbocycles. The van der Waals surface area contributed by atoms with Gasteiger partial charge in [0, 0.05) is 25.5 Å². The Balaban J connectivity index is 1.81. The molecule has 2 aromatic heterocycles. The number of halogens is 3. The molecule has 10 heteroatoms. The largest absolute Gasteiger partial charge is 0.468 e. The van der Waals surface area contributed by atoms with Crippen LogP contribution >= 0.6 is 0 Å². The van der Waals surface area contributed by atoms with Gasteiger partial charge in [0.15, 0.2) is 6.61 Å². The summed E-state index contributed by atoms with van der Waals surface area (Å²) < 4.78 is 47.4. The predicted molar refractivity (Wildman–Crippen MR) is 112 cm³/mol. The molecule has 1 unspecified atom stereocenters. The standard InChI is InChI=1S/C22H24F3N4O3/c1-12-8-15(10-18(26)27-12)13(2)28-21(30)16-4-5-19(32-11-22(23,24)25)29-20(16)17-9-14(17)6-7-31-3/h4-5,8-10,13H,6-7,11H2,1-3H3,(H2,26,27)(H,28,30). The number of hydrogen-bond donors (Lipinski definition) is 2. The number of hydrogen-bond acceptors (Lipinski definition) is 6. The van der Waals surface area contributed by atoms with Crippen molar-refractivity contribution in [2.45, 2.75) is 32.5 Å². The highest BCUT2D eigenvalue weighted by atomic mass is 19.4. The molecule has 0 saturated heterocycles. The SMILES string of the molecule is COCCC1=C[C]1c1nc(OCC(F)(F)F)ccc1C(=O)NC(C)c1cc(C)nc(N)c1. The lowest BCUT2D eigenvalue weighted by Gasteiger charge is -2.17. The second-order valence-corrected chi connectivity index (χ2v) is 7.44. The summed E-state index contributed by atoms with van der Waals surface area (Å²) >= 11 is 0. The van der Waals surface area contributed by atoms with E-state index in [0.717, 1.165) is 16.8 Å². The maximum absolute atomic E-state index is 13.0. The van der Waals surface area contributed by atoms with Gasteiger partial charge in [0.2, 0.25) is 5.88 Å². The van der Waals surface area contributed by atoms with Gasteiger partial charge in [-0.2, -0.15) is 13.2 Å². The Kier molecular flexibility index (Phi) is 7.02. The van der Waals surface area contributed by atoms with Gasteiger partial charge in [-0.15, -0.1) is 0 Å². The number of aromatic nitrogens is 2. The Labute approximate surface area is 183 Å². The highest BCUT2D eigenvalue weighted by Crippen LogP contribution is 2.41. The molecule has 0 aromatic carbocycles. The van der Waals surface area contributed by atoms with Crippen molar-refractivity contribution in [3.63, 3.8) is 0 Å². The molecule has 0 fully saturated rings. The Morgan fingerprint density at radius 3 is 2.66 bits per heavy atom. The number of rotatable bonds is 9. The van der Waals surface area contributed by atoms with Crippen molar-refractivity contribution < 1.29 is 27.4 Å². The topological polar surface area (TPSA) is 99.4 Å². The van der Waals surface area contributed by atoms with Gasteiger partial charge in [-0.25, -0.2) is 9.97 Å². The van der Waals surface area contributed by atoms with Gasteiger partial charge in [-0.05, 0) is 44.0 Å².